The van der Waals surface area contributed by atoms with E-state index in [0.717, 1.165) is 22.8 Å². The average Bonchev–Trinajstić information content (AvgIpc) is 2.67. The fourth-order valence-corrected chi connectivity index (χ4v) is 3.31. The smallest absolute Gasteiger partial charge is 0.229 e. The molecule has 146 valence electrons. The van der Waals surface area contributed by atoms with E-state index >= 15 is 0 Å². The number of aryl methyl sites for hydroxylation is 3. The minimum Gasteiger partial charge on any atom is -0.340 e. The quantitative estimate of drug-likeness (QED) is 0.552. The summed E-state index contributed by atoms with van der Waals surface area (Å²) in [7, 11) is 0. The van der Waals surface area contributed by atoms with Crippen molar-refractivity contribution >= 4 is 23.1 Å². The molecule has 0 aliphatic rings. The van der Waals surface area contributed by atoms with E-state index in [1.807, 2.05) is 13.1 Å². The highest BCUT2D eigenvalue weighted by Crippen LogP contribution is 2.29. The van der Waals surface area contributed by atoms with E-state index < -0.39 is 0 Å². The number of nitrogens with zero attached hydrogens (tertiary/aromatic N) is 2. The number of hydrogen-bond acceptors (Lipinski definition) is 4. The molecule has 0 bridgehead atoms. The molecule has 0 atom stereocenters. The van der Waals surface area contributed by atoms with Crippen molar-refractivity contribution in [1.82, 2.24) is 9.97 Å². The molecular formula is C24H30N4. The summed E-state index contributed by atoms with van der Waals surface area (Å²) >= 11 is 0. The average molecular weight is 375 g/mol. The highest BCUT2D eigenvalue weighted by atomic mass is 15.1. The van der Waals surface area contributed by atoms with Crippen LogP contribution in [0.15, 0.2) is 24.4 Å². The lowest BCUT2D eigenvalue weighted by Crippen LogP contribution is -2.06. The molecule has 0 amide bonds. The molecule has 0 unspecified atom stereocenters. The highest BCUT2D eigenvalue weighted by molar-refractivity contribution is 5.68. The van der Waals surface area contributed by atoms with Gasteiger partial charge in [-0.3, -0.25) is 0 Å². The molecule has 0 aliphatic heterocycles. The first-order chi connectivity index (χ1) is 13.2. The van der Waals surface area contributed by atoms with Crippen LogP contribution in [0.25, 0.3) is 0 Å². The van der Waals surface area contributed by atoms with Crippen LogP contribution in [0.2, 0.25) is 0 Å². The molecule has 0 saturated heterocycles. The van der Waals surface area contributed by atoms with E-state index in [-0.39, 0.29) is 0 Å². The van der Waals surface area contributed by atoms with E-state index in [9.17, 15) is 0 Å². The zero-order valence-electron chi connectivity index (χ0n) is 18.2. The lowest BCUT2D eigenvalue weighted by Gasteiger charge is -2.17. The van der Waals surface area contributed by atoms with Crippen LogP contribution < -0.4 is 10.6 Å². The second-order valence-electron chi connectivity index (χ2n) is 7.77. The van der Waals surface area contributed by atoms with Crippen molar-refractivity contribution in [2.75, 3.05) is 10.6 Å². The normalized spacial score (nSPS) is 10.9. The van der Waals surface area contributed by atoms with Gasteiger partial charge in [-0.05, 0) is 106 Å². The summed E-state index contributed by atoms with van der Waals surface area (Å²) in [4.78, 5) is 9.22. The van der Waals surface area contributed by atoms with Gasteiger partial charge in [0.1, 0.15) is 5.82 Å². The maximum atomic E-state index is 4.75. The van der Waals surface area contributed by atoms with E-state index in [4.69, 9.17) is 4.98 Å². The Bertz CT molecular complexity index is 1050. The van der Waals surface area contributed by atoms with Crippen molar-refractivity contribution in [3.63, 3.8) is 0 Å². The molecule has 2 N–H and O–H groups in total. The van der Waals surface area contributed by atoms with Gasteiger partial charge in [0.2, 0.25) is 5.95 Å². The third kappa shape index (κ3) is 3.72. The Labute approximate surface area is 168 Å². The first-order valence-corrected chi connectivity index (χ1v) is 9.71. The van der Waals surface area contributed by atoms with Gasteiger partial charge in [0.25, 0.3) is 0 Å². The number of anilines is 4. The van der Waals surface area contributed by atoms with Gasteiger partial charge in [-0.1, -0.05) is 6.07 Å². The fourth-order valence-electron chi connectivity index (χ4n) is 3.31. The van der Waals surface area contributed by atoms with Gasteiger partial charge in [0.15, 0.2) is 0 Å². The third-order valence-electron chi connectivity index (χ3n) is 6.01. The SMILES string of the molecule is Cc1cnc(Nc2ccc(C)c(C)c2C)nc1Nc1cc(C)c(C)c(C)c1C. The van der Waals surface area contributed by atoms with Crippen LogP contribution in [-0.4, -0.2) is 9.97 Å². The van der Waals surface area contributed by atoms with Crippen LogP contribution in [0.4, 0.5) is 23.1 Å². The Kier molecular flexibility index (Phi) is 5.41. The Balaban J connectivity index is 1.94. The summed E-state index contributed by atoms with van der Waals surface area (Å²) in [5, 5.41) is 6.90. The summed E-state index contributed by atoms with van der Waals surface area (Å²) in [5.41, 5.74) is 12.1. The molecular weight excluding hydrogens is 344 g/mol. The summed E-state index contributed by atoms with van der Waals surface area (Å²) in [6, 6.07) is 6.41. The number of benzene rings is 2. The zero-order chi connectivity index (χ0) is 20.6. The first kappa shape index (κ1) is 19.9. The minimum absolute atomic E-state index is 0.595. The number of aromatic nitrogens is 2. The van der Waals surface area contributed by atoms with Crippen molar-refractivity contribution in [3.8, 4) is 0 Å². The van der Waals surface area contributed by atoms with Crippen molar-refractivity contribution < 1.29 is 0 Å². The van der Waals surface area contributed by atoms with E-state index in [1.54, 1.807) is 0 Å². The Morgan fingerprint density at radius 1 is 0.607 bits per heavy atom. The summed E-state index contributed by atoms with van der Waals surface area (Å²) in [6.07, 6.45) is 1.86. The molecule has 0 saturated carbocycles. The maximum absolute atomic E-state index is 4.75. The summed E-state index contributed by atoms with van der Waals surface area (Å²) in [5.74, 6) is 1.42. The highest BCUT2D eigenvalue weighted by Gasteiger charge is 2.11. The number of nitrogens with one attached hydrogen (secondary N) is 2. The molecule has 0 aliphatic carbocycles. The monoisotopic (exact) mass is 374 g/mol. The second-order valence-corrected chi connectivity index (χ2v) is 7.77. The van der Waals surface area contributed by atoms with E-state index in [1.165, 1.54) is 38.9 Å². The fraction of sp³-hybridized carbons (Fsp3) is 0.333. The molecule has 3 aromatic rings. The van der Waals surface area contributed by atoms with Crippen LogP contribution in [-0.2, 0) is 0 Å². The third-order valence-corrected chi connectivity index (χ3v) is 6.01. The number of rotatable bonds is 4. The largest absolute Gasteiger partial charge is 0.340 e. The predicted octanol–water partition coefficient (Wildman–Crippen LogP) is 6.43. The van der Waals surface area contributed by atoms with E-state index in [0.29, 0.717) is 5.95 Å². The van der Waals surface area contributed by atoms with Crippen LogP contribution in [0.3, 0.4) is 0 Å². The molecule has 1 aromatic heterocycles. The van der Waals surface area contributed by atoms with Crippen LogP contribution in [0.5, 0.6) is 0 Å². The molecule has 3 rings (SSSR count). The van der Waals surface area contributed by atoms with E-state index in [2.05, 4.69) is 82.3 Å². The Hall–Kier alpha value is -2.88. The molecule has 28 heavy (non-hydrogen) atoms. The summed E-state index contributed by atoms with van der Waals surface area (Å²) in [6.45, 7) is 17.1. The van der Waals surface area contributed by atoms with Gasteiger partial charge in [-0.15, -0.1) is 0 Å². The van der Waals surface area contributed by atoms with Crippen LogP contribution >= 0.6 is 0 Å². The molecule has 1 heterocycles. The first-order valence-electron chi connectivity index (χ1n) is 9.71. The molecule has 0 fully saturated rings. The summed E-state index contributed by atoms with van der Waals surface area (Å²) < 4.78 is 0. The standard InChI is InChI=1S/C24H30N4/c1-13-9-10-21(19(7)16(13)4)27-24-25-12-15(3)23(28-24)26-22-11-14(2)17(5)18(6)20(22)8/h9-12H,1-8H3,(H2,25,26,27,28). The van der Waals surface area contributed by atoms with Crippen LogP contribution in [0, 0.1) is 55.4 Å². The molecule has 0 spiro atoms. The molecule has 4 heteroatoms. The minimum atomic E-state index is 0.595. The van der Waals surface area contributed by atoms with Gasteiger partial charge in [0.05, 0.1) is 0 Å². The van der Waals surface area contributed by atoms with Crippen LogP contribution in [0.1, 0.15) is 44.5 Å². The molecule has 0 radical (unpaired) electrons. The van der Waals surface area contributed by atoms with Gasteiger partial charge in [0, 0.05) is 23.1 Å². The van der Waals surface area contributed by atoms with Gasteiger partial charge in [-0.2, -0.15) is 4.98 Å². The topological polar surface area (TPSA) is 49.8 Å². The Morgan fingerprint density at radius 3 is 1.96 bits per heavy atom. The molecule has 2 aromatic carbocycles. The predicted molar refractivity (Wildman–Crippen MR) is 119 cm³/mol. The van der Waals surface area contributed by atoms with Crippen molar-refractivity contribution in [3.05, 3.63) is 68.9 Å². The van der Waals surface area contributed by atoms with Gasteiger partial charge < -0.3 is 10.6 Å². The van der Waals surface area contributed by atoms with Crippen molar-refractivity contribution in [2.45, 2.75) is 55.4 Å². The van der Waals surface area contributed by atoms with Crippen molar-refractivity contribution in [1.29, 1.82) is 0 Å². The second kappa shape index (κ2) is 7.63. The lowest BCUT2D eigenvalue weighted by atomic mass is 9.98. The zero-order valence-corrected chi connectivity index (χ0v) is 18.2. The van der Waals surface area contributed by atoms with Gasteiger partial charge in [-0.25, -0.2) is 4.98 Å². The number of hydrogen-bond donors (Lipinski definition) is 2. The van der Waals surface area contributed by atoms with Crippen molar-refractivity contribution in [2.24, 2.45) is 0 Å². The van der Waals surface area contributed by atoms with Gasteiger partial charge >= 0.3 is 0 Å². The Morgan fingerprint density at radius 2 is 1.25 bits per heavy atom. The lowest BCUT2D eigenvalue weighted by molar-refractivity contribution is 1.12. The molecule has 4 nitrogen and oxygen atoms in total. The maximum Gasteiger partial charge on any atom is 0.229 e.